The lowest BCUT2D eigenvalue weighted by molar-refractivity contribution is 0.0779. The molecule has 1 heterocycles. The Kier molecular flexibility index (Phi) is 17.5. The third-order valence-corrected chi connectivity index (χ3v) is 9.49. The second-order valence-corrected chi connectivity index (χ2v) is 13.5. The molecule has 1 saturated heterocycles. The number of anilines is 1. The number of para-hydroxylation sites is 1. The van der Waals surface area contributed by atoms with E-state index in [1.807, 2.05) is 19.2 Å². The van der Waals surface area contributed by atoms with Gasteiger partial charge >= 0.3 is 0 Å². The number of hydrogen-bond donors (Lipinski definition) is 2. The highest BCUT2D eigenvalue weighted by Crippen LogP contribution is 2.28. The van der Waals surface area contributed by atoms with Crippen LogP contribution in [0.15, 0.2) is 76.8 Å². The Balaban J connectivity index is 0.00000107. The van der Waals surface area contributed by atoms with Crippen molar-refractivity contribution in [1.82, 2.24) is 14.7 Å². The Morgan fingerprint density at radius 1 is 0.980 bits per heavy atom. The first-order valence-electron chi connectivity index (χ1n) is 18.5. The van der Waals surface area contributed by atoms with Gasteiger partial charge in [0.1, 0.15) is 17.9 Å². The molecule has 51 heavy (non-hydrogen) atoms. The van der Waals surface area contributed by atoms with Gasteiger partial charge < -0.3 is 25.3 Å². The number of methoxy groups -OCH3 is 1. The molecule has 278 valence electrons. The number of nitrogens with two attached hydrogens (primary N) is 2. The molecule has 0 radical (unpaired) electrons. The molecule has 0 spiro atoms. The fourth-order valence-corrected chi connectivity index (χ4v) is 6.27. The van der Waals surface area contributed by atoms with Crippen molar-refractivity contribution in [3.63, 3.8) is 0 Å². The summed E-state index contributed by atoms with van der Waals surface area (Å²) in [5.74, 6) is 12.9. The highest BCUT2D eigenvalue weighted by atomic mass is 16.5. The number of carbonyl (C=O) groups is 1. The zero-order valence-corrected chi connectivity index (χ0v) is 32.1. The van der Waals surface area contributed by atoms with E-state index in [4.69, 9.17) is 21.4 Å². The van der Waals surface area contributed by atoms with E-state index in [1.54, 1.807) is 30.2 Å². The number of amidine groups is 1. The molecule has 10 nitrogen and oxygen atoms in total. The molecule has 10 heteroatoms. The SMILES string of the molecule is CCCCCC.COc1ccc(N(N)/C=N\N)cc1C(=O)N(C)CC(CCN1CCCN(C(C)=Nc2ccccc2C)CC1)c1ccc(C)cc1. The van der Waals surface area contributed by atoms with Crippen LogP contribution in [0.3, 0.4) is 0 Å². The fourth-order valence-electron chi connectivity index (χ4n) is 6.27. The van der Waals surface area contributed by atoms with Gasteiger partial charge in [-0.1, -0.05) is 87.6 Å². The molecule has 0 aromatic heterocycles. The van der Waals surface area contributed by atoms with Crippen LogP contribution in [0, 0.1) is 13.8 Å². The number of hydrazine groups is 1. The topological polar surface area (TPSA) is 116 Å². The molecule has 1 aliphatic heterocycles. The molecule has 4 N–H and O–H groups in total. The first-order chi connectivity index (χ1) is 24.6. The zero-order valence-electron chi connectivity index (χ0n) is 32.1. The average Bonchev–Trinajstić information content (AvgIpc) is 3.39. The third-order valence-electron chi connectivity index (χ3n) is 9.49. The smallest absolute Gasteiger partial charge is 0.257 e. The van der Waals surface area contributed by atoms with Crippen LogP contribution in [-0.4, -0.2) is 86.2 Å². The van der Waals surface area contributed by atoms with Crippen LogP contribution in [0.5, 0.6) is 5.75 Å². The van der Waals surface area contributed by atoms with E-state index in [-0.39, 0.29) is 11.8 Å². The lowest BCUT2D eigenvalue weighted by Gasteiger charge is -2.28. The van der Waals surface area contributed by atoms with Crippen molar-refractivity contribution in [1.29, 1.82) is 0 Å². The maximum atomic E-state index is 13.8. The molecule has 0 bridgehead atoms. The standard InChI is InChI=1S/C35H48N8O2.C6H14/c1-26-11-13-29(14-12-26)30(24-40(4)35(44)32-23-31(43(37)25-38-36)15-16-34(32)45-5)17-20-41-18-8-19-42(22-21-41)28(3)39-33-10-7-6-9-27(33)2;1-3-5-6-4-2/h6-7,9-16,23,25,30H,8,17-22,24,36-37H2,1-5H3;3-6H2,1-2H3/b38-25-,39-28?;. The van der Waals surface area contributed by atoms with Gasteiger partial charge in [-0.15, -0.1) is 0 Å². The summed E-state index contributed by atoms with van der Waals surface area (Å²) in [6.45, 7) is 16.2. The molecule has 1 unspecified atom stereocenters. The highest BCUT2D eigenvalue weighted by molar-refractivity contribution is 5.98. The number of carbonyl (C=O) groups excluding carboxylic acids is 1. The van der Waals surface area contributed by atoms with Gasteiger partial charge in [0, 0.05) is 39.1 Å². The Morgan fingerprint density at radius 2 is 1.69 bits per heavy atom. The van der Waals surface area contributed by atoms with Gasteiger partial charge in [0.15, 0.2) is 0 Å². The summed E-state index contributed by atoms with van der Waals surface area (Å²) in [6.07, 6.45) is 8.83. The monoisotopic (exact) mass is 698 g/mol. The van der Waals surface area contributed by atoms with Crippen LogP contribution in [0.4, 0.5) is 11.4 Å². The van der Waals surface area contributed by atoms with Crippen LogP contribution >= 0.6 is 0 Å². The van der Waals surface area contributed by atoms with Crippen molar-refractivity contribution in [2.45, 2.75) is 79.1 Å². The van der Waals surface area contributed by atoms with Crippen molar-refractivity contribution in [2.75, 3.05) is 58.4 Å². The number of amides is 1. The number of hydrogen-bond acceptors (Lipinski definition) is 7. The van der Waals surface area contributed by atoms with Crippen molar-refractivity contribution >= 4 is 29.5 Å². The molecule has 1 atom stereocenters. The Morgan fingerprint density at radius 3 is 2.33 bits per heavy atom. The van der Waals surface area contributed by atoms with Crippen molar-refractivity contribution in [3.05, 3.63) is 89.0 Å². The number of aryl methyl sites for hydroxylation is 2. The summed E-state index contributed by atoms with van der Waals surface area (Å²) in [4.78, 5) is 25.4. The van der Waals surface area contributed by atoms with Crippen molar-refractivity contribution < 1.29 is 9.53 Å². The van der Waals surface area contributed by atoms with E-state index < -0.39 is 0 Å². The highest BCUT2D eigenvalue weighted by Gasteiger charge is 2.24. The predicted octanol–water partition coefficient (Wildman–Crippen LogP) is 7.48. The van der Waals surface area contributed by atoms with Gasteiger partial charge in [0.25, 0.3) is 5.91 Å². The molecule has 0 aliphatic carbocycles. The maximum absolute atomic E-state index is 13.8. The van der Waals surface area contributed by atoms with Crippen molar-refractivity contribution in [3.8, 4) is 5.75 Å². The number of ether oxygens (including phenoxy) is 1. The number of benzene rings is 3. The molecule has 4 rings (SSSR count). The van der Waals surface area contributed by atoms with E-state index in [2.05, 4.69) is 85.9 Å². The van der Waals surface area contributed by atoms with E-state index in [9.17, 15) is 4.79 Å². The first-order valence-corrected chi connectivity index (χ1v) is 18.5. The minimum absolute atomic E-state index is 0.141. The summed E-state index contributed by atoms with van der Waals surface area (Å²) >= 11 is 0. The second-order valence-electron chi connectivity index (χ2n) is 13.5. The normalized spacial score (nSPS) is 14.4. The molecule has 1 fully saturated rings. The summed E-state index contributed by atoms with van der Waals surface area (Å²) in [5, 5.41) is 4.75. The summed E-state index contributed by atoms with van der Waals surface area (Å²) in [6, 6.07) is 22.1. The predicted molar refractivity (Wildman–Crippen MR) is 214 cm³/mol. The summed E-state index contributed by atoms with van der Waals surface area (Å²) in [7, 11) is 3.40. The number of unbranched alkanes of at least 4 members (excludes halogenated alkanes) is 3. The van der Waals surface area contributed by atoms with E-state index in [1.165, 1.54) is 53.7 Å². The van der Waals surface area contributed by atoms with Crippen molar-refractivity contribution in [2.24, 2.45) is 21.8 Å². The average molecular weight is 699 g/mol. The van der Waals surface area contributed by atoms with Gasteiger partial charge in [-0.25, -0.2) is 10.8 Å². The lowest BCUT2D eigenvalue weighted by Crippen LogP contribution is -2.36. The van der Waals surface area contributed by atoms with Crippen LogP contribution in [0.2, 0.25) is 0 Å². The largest absolute Gasteiger partial charge is 0.496 e. The Bertz CT molecular complexity index is 1540. The number of nitrogens with zero attached hydrogens (tertiary/aromatic N) is 6. The van der Waals surface area contributed by atoms with Crippen LogP contribution in [0.1, 0.15) is 92.3 Å². The third kappa shape index (κ3) is 13.0. The van der Waals surface area contributed by atoms with Gasteiger partial charge in [-0.3, -0.25) is 9.80 Å². The van der Waals surface area contributed by atoms with Crippen LogP contribution in [-0.2, 0) is 0 Å². The molecular formula is C41H62N8O2. The second kappa shape index (κ2) is 21.7. The lowest BCUT2D eigenvalue weighted by atomic mass is 9.93. The minimum Gasteiger partial charge on any atom is -0.496 e. The van der Waals surface area contributed by atoms with E-state index in [0.29, 0.717) is 23.5 Å². The zero-order chi connectivity index (χ0) is 37.2. The minimum atomic E-state index is -0.141. The number of hydrazone groups is 1. The van der Waals surface area contributed by atoms with E-state index >= 15 is 0 Å². The van der Waals surface area contributed by atoms with Gasteiger partial charge in [0.05, 0.1) is 24.0 Å². The van der Waals surface area contributed by atoms with E-state index in [0.717, 1.165) is 57.1 Å². The molecule has 3 aromatic carbocycles. The molecular weight excluding hydrogens is 637 g/mol. The molecule has 1 aliphatic rings. The maximum Gasteiger partial charge on any atom is 0.257 e. The van der Waals surface area contributed by atoms with Gasteiger partial charge in [0.2, 0.25) is 0 Å². The van der Waals surface area contributed by atoms with Gasteiger partial charge in [-0.2, -0.15) is 5.10 Å². The summed E-state index contributed by atoms with van der Waals surface area (Å²) < 4.78 is 5.53. The fraction of sp³-hybridized carbons (Fsp3) is 0.488. The molecule has 1 amide bonds. The quantitative estimate of drug-likeness (QED) is 0.0590. The molecule has 3 aromatic rings. The van der Waals surface area contributed by atoms with Crippen LogP contribution < -0.4 is 21.4 Å². The number of likely N-dealkylation sites (N-methyl/N-ethyl adjacent to an activating group) is 1. The van der Waals surface area contributed by atoms with Crippen LogP contribution in [0.25, 0.3) is 0 Å². The first kappa shape index (κ1) is 41.0. The Labute approximate surface area is 307 Å². The number of rotatable bonds is 14. The molecule has 0 saturated carbocycles. The Hall–Kier alpha value is -4.41. The summed E-state index contributed by atoms with van der Waals surface area (Å²) in [5.41, 5.74) is 5.66. The number of aliphatic imine (C=N–C) groups is 1. The van der Waals surface area contributed by atoms with Gasteiger partial charge in [-0.05, 0) is 82.1 Å².